The van der Waals surface area contributed by atoms with E-state index in [0.29, 0.717) is 28.3 Å². The van der Waals surface area contributed by atoms with Gasteiger partial charge in [-0.2, -0.15) is 0 Å². The van der Waals surface area contributed by atoms with Gasteiger partial charge in [0.15, 0.2) is 11.5 Å². The number of rotatable bonds is 6. The van der Waals surface area contributed by atoms with Gasteiger partial charge in [-0.3, -0.25) is 9.59 Å². The van der Waals surface area contributed by atoms with E-state index < -0.39 is 5.91 Å². The Hall–Kier alpha value is -3.29. The zero-order chi connectivity index (χ0) is 22.7. The first-order chi connectivity index (χ1) is 15.5. The number of anilines is 1. The van der Waals surface area contributed by atoms with E-state index in [-0.39, 0.29) is 27.6 Å². The predicted octanol–water partition coefficient (Wildman–Crippen LogP) is 6.31. The van der Waals surface area contributed by atoms with E-state index in [1.54, 1.807) is 54.6 Å². The Balaban J connectivity index is 1.58. The molecule has 0 radical (unpaired) electrons. The van der Waals surface area contributed by atoms with Crippen LogP contribution in [0.1, 0.15) is 11.1 Å². The Labute approximate surface area is 193 Å². The molecule has 0 bridgehead atoms. The summed E-state index contributed by atoms with van der Waals surface area (Å²) >= 11 is 7.26. The second-order valence-electron chi connectivity index (χ2n) is 6.81. The van der Waals surface area contributed by atoms with E-state index in [9.17, 15) is 14.0 Å². The average Bonchev–Trinajstić information content (AvgIpc) is 3.06. The van der Waals surface area contributed by atoms with Gasteiger partial charge in [0, 0.05) is 0 Å². The van der Waals surface area contributed by atoms with Crippen molar-refractivity contribution >= 4 is 46.3 Å². The summed E-state index contributed by atoms with van der Waals surface area (Å²) in [6, 6.07) is 18.1. The molecule has 0 N–H and O–H groups in total. The molecule has 162 valence electrons. The number of hydrogen-bond donors (Lipinski definition) is 0. The highest BCUT2D eigenvalue weighted by molar-refractivity contribution is 8.19. The van der Waals surface area contributed by atoms with Crippen molar-refractivity contribution in [3.8, 4) is 11.5 Å². The molecule has 3 aromatic rings. The number of halogens is 2. The summed E-state index contributed by atoms with van der Waals surface area (Å²) < 4.78 is 24.5. The Kier molecular flexibility index (Phi) is 6.48. The summed E-state index contributed by atoms with van der Waals surface area (Å²) in [5.41, 5.74) is 1.72. The fraction of sp³-hybridized carbons (Fsp3) is 0.0833. The van der Waals surface area contributed by atoms with Crippen LogP contribution in [-0.2, 0) is 11.4 Å². The first kappa shape index (κ1) is 21.9. The number of thioether (sulfide) groups is 1. The third-order valence-corrected chi connectivity index (χ3v) is 5.78. The molecule has 0 atom stereocenters. The van der Waals surface area contributed by atoms with Gasteiger partial charge in [0.25, 0.3) is 11.1 Å². The molecule has 1 saturated heterocycles. The molecule has 5 nitrogen and oxygen atoms in total. The average molecular weight is 470 g/mol. The van der Waals surface area contributed by atoms with E-state index in [1.165, 1.54) is 19.2 Å². The Morgan fingerprint density at radius 3 is 2.56 bits per heavy atom. The van der Waals surface area contributed by atoms with Crippen LogP contribution in [0.4, 0.5) is 14.9 Å². The van der Waals surface area contributed by atoms with Crippen molar-refractivity contribution in [3.63, 3.8) is 0 Å². The molecule has 0 unspecified atom stereocenters. The van der Waals surface area contributed by atoms with Gasteiger partial charge < -0.3 is 9.47 Å². The monoisotopic (exact) mass is 469 g/mol. The smallest absolute Gasteiger partial charge is 0.298 e. The molecular formula is C24H17ClFNO4S. The number of benzene rings is 3. The highest BCUT2D eigenvalue weighted by atomic mass is 35.5. The fourth-order valence-electron chi connectivity index (χ4n) is 3.16. The van der Waals surface area contributed by atoms with Crippen LogP contribution in [-0.4, -0.2) is 18.3 Å². The van der Waals surface area contributed by atoms with Gasteiger partial charge in [0.05, 0.1) is 22.7 Å². The van der Waals surface area contributed by atoms with Gasteiger partial charge in [-0.25, -0.2) is 9.29 Å². The Bertz CT molecular complexity index is 1220. The lowest BCUT2D eigenvalue weighted by Crippen LogP contribution is -2.27. The molecular weight excluding hydrogens is 453 g/mol. The van der Waals surface area contributed by atoms with Gasteiger partial charge in [-0.15, -0.1) is 0 Å². The summed E-state index contributed by atoms with van der Waals surface area (Å²) in [6.45, 7) is 0.100. The lowest BCUT2D eigenvalue weighted by Gasteiger charge is -2.14. The standard InChI is InChI=1S/C24H17ClFNO4S/c1-30-20-12-16(11-19(25)22(20)31-14-15-6-5-7-17(26)10-15)13-21-23(28)27(24(29)32-21)18-8-3-2-4-9-18/h2-13H,14H2,1H3/b21-13-. The van der Waals surface area contributed by atoms with Gasteiger partial charge >= 0.3 is 0 Å². The summed E-state index contributed by atoms with van der Waals surface area (Å²) in [6.07, 6.45) is 1.58. The second-order valence-corrected chi connectivity index (χ2v) is 8.21. The number of nitrogens with zero attached hydrogens (tertiary/aromatic N) is 1. The maximum absolute atomic E-state index is 13.4. The molecule has 0 aromatic heterocycles. The zero-order valence-electron chi connectivity index (χ0n) is 16.9. The van der Waals surface area contributed by atoms with Crippen LogP contribution in [0.2, 0.25) is 5.02 Å². The van der Waals surface area contributed by atoms with E-state index in [0.717, 1.165) is 16.7 Å². The highest BCUT2D eigenvalue weighted by Gasteiger charge is 2.36. The topological polar surface area (TPSA) is 55.8 Å². The van der Waals surface area contributed by atoms with Crippen LogP contribution < -0.4 is 14.4 Å². The van der Waals surface area contributed by atoms with E-state index in [1.807, 2.05) is 6.07 Å². The van der Waals surface area contributed by atoms with Crippen LogP contribution in [0, 0.1) is 5.82 Å². The Morgan fingerprint density at radius 2 is 1.84 bits per heavy atom. The normalized spacial score (nSPS) is 14.8. The minimum atomic E-state index is -0.410. The second kappa shape index (κ2) is 9.46. The molecule has 32 heavy (non-hydrogen) atoms. The number of ether oxygens (including phenoxy) is 2. The van der Waals surface area contributed by atoms with Crippen LogP contribution in [0.25, 0.3) is 6.08 Å². The van der Waals surface area contributed by atoms with Gasteiger partial charge in [0.2, 0.25) is 0 Å². The molecule has 1 fully saturated rings. The van der Waals surface area contributed by atoms with Crippen LogP contribution in [0.5, 0.6) is 11.5 Å². The molecule has 4 rings (SSSR count). The zero-order valence-corrected chi connectivity index (χ0v) is 18.5. The number of methoxy groups -OCH3 is 1. The van der Waals surface area contributed by atoms with Gasteiger partial charge in [-0.05, 0) is 65.4 Å². The quantitative estimate of drug-likeness (QED) is 0.396. The first-order valence-corrected chi connectivity index (χ1v) is 10.7. The maximum atomic E-state index is 13.4. The third-order valence-electron chi connectivity index (χ3n) is 4.63. The van der Waals surface area contributed by atoms with E-state index in [2.05, 4.69) is 0 Å². The third kappa shape index (κ3) is 4.64. The lowest BCUT2D eigenvalue weighted by atomic mass is 10.1. The molecule has 8 heteroatoms. The lowest BCUT2D eigenvalue weighted by molar-refractivity contribution is -0.113. The van der Waals surface area contributed by atoms with Crippen LogP contribution in [0.15, 0.2) is 71.6 Å². The van der Waals surface area contributed by atoms with Crippen LogP contribution in [0.3, 0.4) is 0 Å². The van der Waals surface area contributed by atoms with Crippen molar-refractivity contribution in [2.24, 2.45) is 0 Å². The first-order valence-electron chi connectivity index (χ1n) is 9.54. The molecule has 1 aliphatic heterocycles. The SMILES string of the molecule is COc1cc(/C=C2\SC(=O)N(c3ccccc3)C2=O)cc(Cl)c1OCc1cccc(F)c1. The minimum Gasteiger partial charge on any atom is -0.493 e. The molecule has 0 saturated carbocycles. The number of carbonyl (C=O) groups is 2. The molecule has 1 aliphatic rings. The van der Waals surface area contributed by atoms with Crippen molar-refractivity contribution in [2.45, 2.75) is 6.61 Å². The van der Waals surface area contributed by atoms with Crippen molar-refractivity contribution in [1.82, 2.24) is 0 Å². The molecule has 2 amide bonds. The van der Waals surface area contributed by atoms with Gasteiger partial charge in [-0.1, -0.05) is 41.9 Å². The largest absolute Gasteiger partial charge is 0.493 e. The number of para-hydroxylation sites is 1. The van der Waals surface area contributed by atoms with Crippen molar-refractivity contribution in [1.29, 1.82) is 0 Å². The highest BCUT2D eigenvalue weighted by Crippen LogP contribution is 2.40. The number of amides is 2. The number of carbonyl (C=O) groups excluding carboxylic acids is 2. The van der Waals surface area contributed by atoms with Crippen molar-refractivity contribution in [2.75, 3.05) is 12.0 Å². The maximum Gasteiger partial charge on any atom is 0.298 e. The van der Waals surface area contributed by atoms with Crippen molar-refractivity contribution in [3.05, 3.63) is 93.6 Å². The molecule has 0 aliphatic carbocycles. The predicted molar refractivity (Wildman–Crippen MR) is 124 cm³/mol. The van der Waals surface area contributed by atoms with Gasteiger partial charge in [0.1, 0.15) is 12.4 Å². The summed E-state index contributed by atoms with van der Waals surface area (Å²) in [5.74, 6) is -0.118. The summed E-state index contributed by atoms with van der Waals surface area (Å²) in [7, 11) is 1.47. The molecule has 1 heterocycles. The summed E-state index contributed by atoms with van der Waals surface area (Å²) in [5, 5.41) is -0.116. The molecule has 0 spiro atoms. The fourth-order valence-corrected chi connectivity index (χ4v) is 4.28. The Morgan fingerprint density at radius 1 is 1.06 bits per heavy atom. The van der Waals surface area contributed by atoms with Crippen molar-refractivity contribution < 1.29 is 23.5 Å². The minimum absolute atomic E-state index is 0.100. The van der Waals surface area contributed by atoms with E-state index >= 15 is 0 Å². The van der Waals surface area contributed by atoms with E-state index in [4.69, 9.17) is 21.1 Å². The summed E-state index contributed by atoms with van der Waals surface area (Å²) in [4.78, 5) is 26.6. The number of imide groups is 1. The van der Waals surface area contributed by atoms with Crippen LogP contribution >= 0.6 is 23.4 Å². The molecule has 3 aromatic carbocycles. The number of hydrogen-bond acceptors (Lipinski definition) is 5.